The predicted octanol–water partition coefficient (Wildman–Crippen LogP) is 3.71. The fourth-order valence-corrected chi connectivity index (χ4v) is 4.36. The van der Waals surface area contributed by atoms with E-state index in [0.29, 0.717) is 5.69 Å². The first-order valence-corrected chi connectivity index (χ1v) is 13.4. The van der Waals surface area contributed by atoms with Gasteiger partial charge in [-0.2, -0.15) is 0 Å². The quantitative estimate of drug-likeness (QED) is 0.554. The molecule has 0 bridgehead atoms. The molecule has 0 aromatic heterocycles. The lowest BCUT2D eigenvalue weighted by Crippen LogP contribution is -2.52. The van der Waals surface area contributed by atoms with Gasteiger partial charge < -0.3 is 10.2 Å². The number of anilines is 1. The maximum atomic E-state index is 13.6. The van der Waals surface area contributed by atoms with Gasteiger partial charge in [-0.25, -0.2) is 8.42 Å². The van der Waals surface area contributed by atoms with E-state index in [-0.39, 0.29) is 18.5 Å². The third kappa shape index (κ3) is 7.06. The number of carbonyl (C=O) groups excluding carboxylic acids is 2. The van der Waals surface area contributed by atoms with Crippen molar-refractivity contribution in [1.29, 1.82) is 0 Å². The number of sulfonamides is 1. The first-order chi connectivity index (χ1) is 15.8. The molecular formula is C26H37N3O4S. The van der Waals surface area contributed by atoms with Crippen LogP contribution in [-0.2, 0) is 26.2 Å². The summed E-state index contributed by atoms with van der Waals surface area (Å²) in [5.74, 6) is -0.716. The lowest BCUT2D eigenvalue weighted by molar-refractivity contribution is -0.139. The molecule has 0 fully saturated rings. The Morgan fingerprint density at radius 3 is 2.18 bits per heavy atom. The van der Waals surface area contributed by atoms with E-state index in [1.807, 2.05) is 65.0 Å². The molecule has 186 valence electrons. The van der Waals surface area contributed by atoms with Crippen LogP contribution in [0.15, 0.2) is 42.5 Å². The maximum Gasteiger partial charge on any atom is 0.244 e. The van der Waals surface area contributed by atoms with Crippen LogP contribution in [0, 0.1) is 20.8 Å². The molecule has 1 N–H and O–H groups in total. The van der Waals surface area contributed by atoms with Gasteiger partial charge >= 0.3 is 0 Å². The number of hydrogen-bond acceptors (Lipinski definition) is 4. The highest BCUT2D eigenvalue weighted by molar-refractivity contribution is 7.92. The molecule has 2 atom stereocenters. The number of amides is 2. The predicted molar refractivity (Wildman–Crippen MR) is 137 cm³/mol. The summed E-state index contributed by atoms with van der Waals surface area (Å²) in [6.45, 7) is 11.1. The summed E-state index contributed by atoms with van der Waals surface area (Å²) in [7, 11) is -3.74. The summed E-state index contributed by atoms with van der Waals surface area (Å²) in [5, 5.41) is 2.93. The second-order valence-electron chi connectivity index (χ2n) is 8.98. The van der Waals surface area contributed by atoms with Crippen molar-refractivity contribution in [2.45, 2.75) is 66.6 Å². The van der Waals surface area contributed by atoms with Gasteiger partial charge in [0.25, 0.3) is 0 Å². The first kappa shape index (κ1) is 27.4. The van der Waals surface area contributed by atoms with Crippen molar-refractivity contribution in [2.75, 3.05) is 17.1 Å². The van der Waals surface area contributed by atoms with Crippen molar-refractivity contribution in [3.05, 3.63) is 64.7 Å². The van der Waals surface area contributed by atoms with Crippen LogP contribution in [0.3, 0.4) is 0 Å². The van der Waals surface area contributed by atoms with Crippen LogP contribution < -0.4 is 9.62 Å². The molecule has 0 radical (unpaired) electrons. The minimum Gasteiger partial charge on any atom is -0.352 e. The molecule has 0 saturated heterocycles. The van der Waals surface area contributed by atoms with Crippen LogP contribution in [0.4, 0.5) is 5.69 Å². The second kappa shape index (κ2) is 11.5. The Labute approximate surface area is 204 Å². The highest BCUT2D eigenvalue weighted by Gasteiger charge is 2.30. The monoisotopic (exact) mass is 487 g/mol. The maximum absolute atomic E-state index is 13.6. The van der Waals surface area contributed by atoms with Crippen LogP contribution in [0.2, 0.25) is 0 Å². The molecule has 0 saturated carbocycles. The molecule has 8 heteroatoms. The van der Waals surface area contributed by atoms with Gasteiger partial charge in [0.1, 0.15) is 12.6 Å². The molecule has 2 rings (SSSR count). The van der Waals surface area contributed by atoms with Gasteiger partial charge in [-0.05, 0) is 75.4 Å². The zero-order valence-corrected chi connectivity index (χ0v) is 22.1. The van der Waals surface area contributed by atoms with E-state index in [2.05, 4.69) is 5.32 Å². The third-order valence-electron chi connectivity index (χ3n) is 6.23. The van der Waals surface area contributed by atoms with Gasteiger partial charge in [0.05, 0.1) is 11.9 Å². The molecule has 2 aromatic carbocycles. The number of aryl methyl sites for hydroxylation is 3. The van der Waals surface area contributed by atoms with Gasteiger partial charge in [-0.3, -0.25) is 13.9 Å². The zero-order chi connectivity index (χ0) is 25.6. The fraction of sp³-hybridized carbons (Fsp3) is 0.462. The van der Waals surface area contributed by atoms with Crippen LogP contribution in [0.25, 0.3) is 0 Å². The van der Waals surface area contributed by atoms with Crippen LogP contribution in [-0.4, -0.2) is 50.0 Å². The summed E-state index contributed by atoms with van der Waals surface area (Å²) in [5.41, 5.74) is 4.27. The molecule has 0 heterocycles. The second-order valence-corrected chi connectivity index (χ2v) is 10.9. The first-order valence-electron chi connectivity index (χ1n) is 11.5. The van der Waals surface area contributed by atoms with Gasteiger partial charge in [0.2, 0.25) is 21.8 Å². The highest BCUT2D eigenvalue weighted by Crippen LogP contribution is 2.22. The van der Waals surface area contributed by atoms with Crippen molar-refractivity contribution < 1.29 is 18.0 Å². The molecule has 2 aromatic rings. The summed E-state index contributed by atoms with van der Waals surface area (Å²) in [4.78, 5) is 28.0. The van der Waals surface area contributed by atoms with Crippen molar-refractivity contribution in [3.63, 3.8) is 0 Å². The van der Waals surface area contributed by atoms with Gasteiger partial charge in [0, 0.05) is 12.6 Å². The molecule has 34 heavy (non-hydrogen) atoms. The number of hydrogen-bond donors (Lipinski definition) is 1. The normalized spacial score (nSPS) is 13.1. The van der Waals surface area contributed by atoms with E-state index in [4.69, 9.17) is 0 Å². The average Bonchev–Trinajstić information content (AvgIpc) is 2.77. The van der Waals surface area contributed by atoms with Gasteiger partial charge in [-0.1, -0.05) is 37.3 Å². The van der Waals surface area contributed by atoms with E-state index < -0.39 is 28.5 Å². The van der Waals surface area contributed by atoms with E-state index in [0.717, 1.165) is 39.2 Å². The molecule has 2 amide bonds. The topological polar surface area (TPSA) is 86.8 Å². The largest absolute Gasteiger partial charge is 0.352 e. The number of nitrogens with zero attached hydrogens (tertiary/aromatic N) is 2. The lowest BCUT2D eigenvalue weighted by Gasteiger charge is -2.32. The van der Waals surface area contributed by atoms with Crippen LogP contribution in [0.1, 0.15) is 49.4 Å². The Bertz CT molecular complexity index is 1130. The summed E-state index contributed by atoms with van der Waals surface area (Å²) >= 11 is 0. The Balaban J connectivity index is 2.42. The van der Waals surface area contributed by atoms with E-state index >= 15 is 0 Å². The SMILES string of the molecule is CC[C@@H](C)NC(=O)[C@H](C)N(Cc1ccccc1C)C(=O)CN(c1ccc(C)c(C)c1)S(C)(=O)=O. The molecule has 0 spiro atoms. The highest BCUT2D eigenvalue weighted by atomic mass is 32.2. The van der Waals surface area contributed by atoms with Crippen molar-refractivity contribution in [1.82, 2.24) is 10.2 Å². The number of carbonyl (C=O) groups is 2. The molecule has 0 aliphatic carbocycles. The molecule has 0 aliphatic heterocycles. The summed E-state index contributed by atoms with van der Waals surface area (Å²) in [6, 6.07) is 12.1. The van der Waals surface area contributed by atoms with E-state index in [1.165, 1.54) is 4.90 Å². The number of rotatable bonds is 10. The molecular weight excluding hydrogens is 450 g/mol. The third-order valence-corrected chi connectivity index (χ3v) is 7.37. The smallest absolute Gasteiger partial charge is 0.244 e. The summed E-state index contributed by atoms with van der Waals surface area (Å²) in [6.07, 6.45) is 1.85. The molecule has 0 aliphatic rings. The van der Waals surface area contributed by atoms with E-state index in [1.54, 1.807) is 19.1 Å². The van der Waals surface area contributed by atoms with Gasteiger partial charge in [0.15, 0.2) is 0 Å². The van der Waals surface area contributed by atoms with Crippen LogP contribution in [0.5, 0.6) is 0 Å². The Morgan fingerprint density at radius 2 is 1.62 bits per heavy atom. The fourth-order valence-electron chi connectivity index (χ4n) is 3.51. The lowest BCUT2D eigenvalue weighted by atomic mass is 10.1. The van der Waals surface area contributed by atoms with Gasteiger partial charge in [-0.15, -0.1) is 0 Å². The minimum atomic E-state index is -3.74. The minimum absolute atomic E-state index is 0.0339. The number of nitrogens with one attached hydrogen (secondary N) is 1. The Kier molecular flexibility index (Phi) is 9.27. The average molecular weight is 488 g/mol. The van der Waals surface area contributed by atoms with Crippen molar-refractivity contribution >= 4 is 27.5 Å². The van der Waals surface area contributed by atoms with Crippen LogP contribution >= 0.6 is 0 Å². The van der Waals surface area contributed by atoms with Crippen molar-refractivity contribution in [3.8, 4) is 0 Å². The van der Waals surface area contributed by atoms with Crippen molar-refractivity contribution in [2.24, 2.45) is 0 Å². The standard InChI is InChI=1S/C26H37N3O4S/c1-8-21(5)27-26(31)22(6)28(16-23-12-10-9-11-19(23)3)25(30)17-29(34(7,32)33)24-14-13-18(2)20(4)15-24/h9-15,21-22H,8,16-17H2,1-7H3,(H,27,31)/t21-,22+/m1/s1. The zero-order valence-electron chi connectivity index (χ0n) is 21.3. The Hall–Kier alpha value is -2.87. The van der Waals surface area contributed by atoms with E-state index in [9.17, 15) is 18.0 Å². The molecule has 7 nitrogen and oxygen atoms in total. The molecule has 0 unspecified atom stereocenters. The summed E-state index contributed by atoms with van der Waals surface area (Å²) < 4.78 is 26.4. The Morgan fingerprint density at radius 1 is 0.971 bits per heavy atom. The number of benzene rings is 2.